The van der Waals surface area contributed by atoms with E-state index in [9.17, 15) is 9.90 Å². The van der Waals surface area contributed by atoms with Crippen LogP contribution in [0.1, 0.15) is 25.7 Å². The average molecular weight is 353 g/mol. The van der Waals surface area contributed by atoms with Gasteiger partial charge in [-0.3, -0.25) is 4.79 Å². The van der Waals surface area contributed by atoms with E-state index >= 15 is 0 Å². The topological polar surface area (TPSA) is 49.3 Å². The fraction of sp³-hybridized carbons (Fsp3) is 0.500. The molecule has 2 rings (SSSR count). The highest BCUT2D eigenvalue weighted by atomic mass is 79.9. The van der Waals surface area contributed by atoms with Gasteiger partial charge in [-0.15, -0.1) is 12.4 Å². The van der Waals surface area contributed by atoms with E-state index in [1.54, 1.807) is 0 Å². The Morgan fingerprint density at radius 1 is 1.61 bits per heavy atom. The van der Waals surface area contributed by atoms with Crippen molar-refractivity contribution in [2.75, 3.05) is 6.54 Å². The van der Waals surface area contributed by atoms with Crippen LogP contribution in [0.25, 0.3) is 0 Å². The van der Waals surface area contributed by atoms with Gasteiger partial charge in [0.15, 0.2) is 0 Å². The molecule has 0 spiro atoms. The van der Waals surface area contributed by atoms with E-state index in [4.69, 9.17) is 12.2 Å². The van der Waals surface area contributed by atoms with Crippen molar-refractivity contribution in [2.24, 2.45) is 0 Å². The van der Waals surface area contributed by atoms with Crippen LogP contribution in [-0.2, 0) is 4.79 Å². The molecule has 0 aromatic heterocycles. The molecule has 0 saturated carbocycles. The molecule has 2 aliphatic rings. The Morgan fingerprint density at radius 3 is 2.89 bits per heavy atom. The molecule has 0 bridgehead atoms. The summed E-state index contributed by atoms with van der Waals surface area (Å²) in [6.45, 7) is 0.767. The Morgan fingerprint density at radius 2 is 2.33 bits per heavy atom. The van der Waals surface area contributed by atoms with Gasteiger partial charge < -0.3 is 10.4 Å². The van der Waals surface area contributed by atoms with Crippen molar-refractivity contribution in [3.63, 3.8) is 0 Å². The van der Waals surface area contributed by atoms with E-state index < -0.39 is 11.5 Å². The fourth-order valence-corrected chi connectivity index (χ4v) is 2.97. The van der Waals surface area contributed by atoms with Gasteiger partial charge in [0.1, 0.15) is 5.54 Å². The first kappa shape index (κ1) is 15.8. The molecule has 1 aliphatic heterocycles. The molecule has 3 nitrogen and oxygen atoms in total. The highest BCUT2D eigenvalue weighted by molar-refractivity contribution is 9.11. The number of carbonyl (C=O) groups is 1. The molecule has 1 fully saturated rings. The van der Waals surface area contributed by atoms with Crippen molar-refractivity contribution in [3.8, 4) is 0 Å². The summed E-state index contributed by atoms with van der Waals surface area (Å²) in [6, 6.07) is 0. The van der Waals surface area contributed by atoms with Crippen LogP contribution in [0.4, 0.5) is 0 Å². The molecule has 2 N–H and O–H groups in total. The van der Waals surface area contributed by atoms with Crippen LogP contribution in [-0.4, -0.2) is 28.0 Å². The van der Waals surface area contributed by atoms with Gasteiger partial charge in [-0.2, -0.15) is 0 Å². The van der Waals surface area contributed by atoms with Gasteiger partial charge in [0.05, 0.1) is 0 Å². The van der Waals surface area contributed by atoms with E-state index in [0.29, 0.717) is 12.8 Å². The third kappa shape index (κ3) is 3.20. The van der Waals surface area contributed by atoms with Gasteiger partial charge in [0.25, 0.3) is 0 Å². The predicted octanol–water partition coefficient (Wildman–Crippen LogP) is 2.98. The summed E-state index contributed by atoms with van der Waals surface area (Å²) < 4.78 is 0.986. The van der Waals surface area contributed by atoms with Crippen molar-refractivity contribution in [2.45, 2.75) is 31.2 Å². The Kier molecular flexibility index (Phi) is 5.52. The molecular formula is C12H15BrClNO2S. The van der Waals surface area contributed by atoms with Gasteiger partial charge in [-0.1, -0.05) is 34.2 Å². The highest BCUT2D eigenvalue weighted by Gasteiger charge is 2.42. The number of halogens is 2. The SMILES string of the molecule is Cl.O=C(O)[C@@]1(CC2=CC(Br)=CCC2=S)CCCN1. The number of aliphatic carboxylic acids is 1. The Bertz CT molecular complexity index is 428. The van der Waals surface area contributed by atoms with Crippen LogP contribution in [0, 0.1) is 0 Å². The van der Waals surface area contributed by atoms with Crippen molar-refractivity contribution in [1.82, 2.24) is 5.32 Å². The lowest BCUT2D eigenvalue weighted by molar-refractivity contribution is -0.144. The second-order valence-corrected chi connectivity index (χ2v) is 5.89. The molecule has 1 atom stereocenters. The van der Waals surface area contributed by atoms with Crippen LogP contribution in [0.3, 0.4) is 0 Å². The number of hydrogen-bond acceptors (Lipinski definition) is 3. The number of allylic oxidation sites excluding steroid dienone is 3. The summed E-state index contributed by atoms with van der Waals surface area (Å²) in [7, 11) is 0. The molecule has 0 unspecified atom stereocenters. The number of carboxylic acid groups (broad SMARTS) is 1. The maximum absolute atomic E-state index is 11.4. The lowest BCUT2D eigenvalue weighted by Gasteiger charge is -2.27. The van der Waals surface area contributed by atoms with Crippen molar-refractivity contribution in [3.05, 3.63) is 22.2 Å². The van der Waals surface area contributed by atoms with Gasteiger partial charge in [0, 0.05) is 22.2 Å². The summed E-state index contributed by atoms with van der Waals surface area (Å²) in [5, 5.41) is 12.5. The quantitative estimate of drug-likeness (QED) is 0.767. The summed E-state index contributed by atoms with van der Waals surface area (Å²) in [4.78, 5) is 12.3. The molecule has 1 aliphatic carbocycles. The van der Waals surface area contributed by atoms with Crippen LogP contribution in [0.5, 0.6) is 0 Å². The molecule has 0 amide bonds. The normalized spacial score (nSPS) is 27.3. The predicted molar refractivity (Wildman–Crippen MR) is 81.8 cm³/mol. The van der Waals surface area contributed by atoms with Crippen LogP contribution in [0.2, 0.25) is 0 Å². The molecule has 0 aromatic carbocycles. The smallest absolute Gasteiger partial charge is 0.324 e. The Labute approximate surface area is 126 Å². The summed E-state index contributed by atoms with van der Waals surface area (Å²) >= 11 is 8.71. The van der Waals surface area contributed by atoms with E-state index in [2.05, 4.69) is 21.2 Å². The zero-order chi connectivity index (χ0) is 12.5. The molecule has 18 heavy (non-hydrogen) atoms. The largest absolute Gasteiger partial charge is 0.480 e. The van der Waals surface area contributed by atoms with Crippen LogP contribution in [0.15, 0.2) is 22.2 Å². The first-order chi connectivity index (χ1) is 8.03. The average Bonchev–Trinajstić information content (AvgIpc) is 2.73. The van der Waals surface area contributed by atoms with Crippen molar-refractivity contribution >= 4 is 51.4 Å². The first-order valence-electron chi connectivity index (χ1n) is 5.61. The molecule has 1 saturated heterocycles. The summed E-state index contributed by atoms with van der Waals surface area (Å²) in [6.07, 6.45) is 6.71. The minimum absolute atomic E-state index is 0. The molecule has 1 heterocycles. The zero-order valence-electron chi connectivity index (χ0n) is 9.74. The van der Waals surface area contributed by atoms with Gasteiger partial charge in [0.2, 0.25) is 0 Å². The lowest BCUT2D eigenvalue weighted by Crippen LogP contribution is -2.48. The van der Waals surface area contributed by atoms with E-state index in [1.165, 1.54) is 0 Å². The third-order valence-electron chi connectivity index (χ3n) is 3.30. The summed E-state index contributed by atoms with van der Waals surface area (Å²) in [5.41, 5.74) is 0.145. The van der Waals surface area contributed by atoms with Gasteiger partial charge in [-0.25, -0.2) is 0 Å². The van der Waals surface area contributed by atoms with Crippen LogP contribution >= 0.6 is 40.6 Å². The van der Waals surface area contributed by atoms with Crippen LogP contribution < -0.4 is 5.32 Å². The first-order valence-corrected chi connectivity index (χ1v) is 6.81. The maximum atomic E-state index is 11.4. The highest BCUT2D eigenvalue weighted by Crippen LogP contribution is 2.31. The molecule has 6 heteroatoms. The number of nitrogens with one attached hydrogen (secondary N) is 1. The number of carboxylic acids is 1. The number of hydrogen-bond donors (Lipinski definition) is 2. The lowest BCUT2D eigenvalue weighted by atomic mass is 9.86. The third-order valence-corrected chi connectivity index (χ3v) is 4.28. The van der Waals surface area contributed by atoms with Crippen molar-refractivity contribution < 1.29 is 9.90 Å². The zero-order valence-corrected chi connectivity index (χ0v) is 13.0. The van der Waals surface area contributed by atoms with Crippen molar-refractivity contribution in [1.29, 1.82) is 0 Å². The second-order valence-electron chi connectivity index (χ2n) is 4.48. The Balaban J connectivity index is 0.00000162. The molecule has 100 valence electrons. The summed E-state index contributed by atoms with van der Waals surface area (Å²) in [5.74, 6) is -0.774. The molecular weight excluding hydrogens is 338 g/mol. The second kappa shape index (κ2) is 6.28. The number of rotatable bonds is 3. The minimum atomic E-state index is -0.819. The van der Waals surface area contributed by atoms with E-state index in [0.717, 1.165) is 34.3 Å². The maximum Gasteiger partial charge on any atom is 0.324 e. The van der Waals surface area contributed by atoms with Gasteiger partial charge in [-0.05, 0) is 31.0 Å². The standard InChI is InChI=1S/C12H14BrNO2S.ClH/c13-9-2-3-10(17)8(6-9)7-12(11(15)16)4-1-5-14-12;/h2,6,14H,1,3-5,7H2,(H,15,16);1H/t12-;/m0./s1. The fourth-order valence-electron chi connectivity index (χ4n) is 2.32. The monoisotopic (exact) mass is 351 g/mol. The Hall–Kier alpha value is -0.230. The van der Waals surface area contributed by atoms with E-state index in [1.807, 2.05) is 12.2 Å². The molecule has 0 aromatic rings. The van der Waals surface area contributed by atoms with E-state index in [-0.39, 0.29) is 12.4 Å². The van der Waals surface area contributed by atoms with Gasteiger partial charge >= 0.3 is 5.97 Å². The molecule has 0 radical (unpaired) electrons. The minimum Gasteiger partial charge on any atom is -0.480 e. The number of thiocarbonyl (C=S) groups is 1.